The summed E-state index contributed by atoms with van der Waals surface area (Å²) >= 11 is 0. The van der Waals surface area contributed by atoms with Gasteiger partial charge in [-0.15, -0.1) is 5.10 Å². The van der Waals surface area contributed by atoms with Gasteiger partial charge in [0.05, 0.1) is 11.8 Å². The van der Waals surface area contributed by atoms with Gasteiger partial charge in [0, 0.05) is 12.1 Å². The highest BCUT2D eigenvalue weighted by molar-refractivity contribution is 6.08. The number of carbonyl (C=O) groups excluding carboxylic acids is 1. The molecule has 0 aliphatic rings. The highest BCUT2D eigenvalue weighted by atomic mass is 19.4. The van der Waals surface area contributed by atoms with E-state index in [1.807, 2.05) is 6.92 Å². The quantitative estimate of drug-likeness (QED) is 0.810. The molecule has 0 atom stereocenters. The largest absolute Gasteiger partial charge is 0.417 e. The van der Waals surface area contributed by atoms with E-state index in [1.165, 1.54) is 23.0 Å². The Morgan fingerprint density at radius 3 is 2.65 bits per heavy atom. The smallest absolute Gasteiger partial charge is 0.287 e. The Bertz CT molecular complexity index is 619. The van der Waals surface area contributed by atoms with Crippen molar-refractivity contribution in [2.24, 2.45) is 0 Å². The lowest BCUT2D eigenvalue weighted by molar-refractivity contribution is -0.137. The second-order valence-corrected chi connectivity index (χ2v) is 4.21. The molecule has 0 amide bonds. The summed E-state index contributed by atoms with van der Waals surface area (Å²) < 4.78 is 40.0. The Morgan fingerprint density at radius 1 is 1.30 bits per heavy atom. The molecule has 4 nitrogen and oxygen atoms in total. The van der Waals surface area contributed by atoms with Crippen molar-refractivity contribution in [3.05, 3.63) is 47.3 Å². The fourth-order valence-corrected chi connectivity index (χ4v) is 1.88. The van der Waals surface area contributed by atoms with Crippen molar-refractivity contribution in [3.63, 3.8) is 0 Å². The Morgan fingerprint density at radius 2 is 2.00 bits per heavy atom. The summed E-state index contributed by atoms with van der Waals surface area (Å²) in [4.78, 5) is 12.3. The lowest BCUT2D eigenvalue weighted by atomic mass is 10.0. The van der Waals surface area contributed by atoms with Crippen LogP contribution in [0.4, 0.5) is 13.2 Å². The van der Waals surface area contributed by atoms with E-state index in [1.54, 1.807) is 0 Å². The van der Waals surface area contributed by atoms with Crippen molar-refractivity contribution in [1.29, 1.82) is 0 Å². The molecule has 106 valence electrons. The van der Waals surface area contributed by atoms with Gasteiger partial charge in [-0.1, -0.05) is 30.3 Å². The average Bonchev–Trinajstić information content (AvgIpc) is 2.85. The maximum absolute atomic E-state index is 12.9. The predicted octanol–water partition coefficient (Wildman–Crippen LogP) is 2.94. The molecule has 0 unspecified atom stereocenters. The van der Waals surface area contributed by atoms with Crippen LogP contribution in [-0.2, 0) is 12.7 Å². The number of nitrogens with zero attached hydrogens (tertiary/aromatic N) is 3. The molecule has 0 aliphatic heterocycles. The maximum atomic E-state index is 12.9. The molecule has 20 heavy (non-hydrogen) atoms. The van der Waals surface area contributed by atoms with Crippen LogP contribution in [0.3, 0.4) is 0 Å². The molecule has 0 N–H and O–H groups in total. The zero-order chi connectivity index (χ0) is 14.8. The van der Waals surface area contributed by atoms with Gasteiger partial charge in [-0.05, 0) is 12.5 Å². The first-order valence-corrected chi connectivity index (χ1v) is 6.04. The lowest BCUT2D eigenvalue weighted by Gasteiger charge is -2.11. The van der Waals surface area contributed by atoms with Crippen LogP contribution in [0.15, 0.2) is 30.5 Å². The van der Waals surface area contributed by atoms with Gasteiger partial charge >= 0.3 is 6.18 Å². The molecule has 0 bridgehead atoms. The van der Waals surface area contributed by atoms with Crippen molar-refractivity contribution in [2.45, 2.75) is 26.1 Å². The monoisotopic (exact) mass is 283 g/mol. The summed E-state index contributed by atoms with van der Waals surface area (Å²) in [5.41, 5.74) is -1.28. The summed E-state index contributed by atoms with van der Waals surface area (Å²) in [6, 6.07) is 4.70. The number of hydrogen-bond acceptors (Lipinski definition) is 3. The summed E-state index contributed by atoms with van der Waals surface area (Å²) in [5.74, 6) is -0.726. The van der Waals surface area contributed by atoms with E-state index < -0.39 is 17.5 Å². The highest BCUT2D eigenvalue weighted by Gasteiger charge is 2.35. The molecule has 0 saturated heterocycles. The number of carbonyl (C=O) groups is 1. The molecule has 2 rings (SSSR count). The second-order valence-electron chi connectivity index (χ2n) is 4.21. The summed E-state index contributed by atoms with van der Waals surface area (Å²) in [6.07, 6.45) is -2.69. The van der Waals surface area contributed by atoms with Crippen LogP contribution in [0, 0.1) is 0 Å². The predicted molar refractivity (Wildman–Crippen MR) is 65.2 cm³/mol. The first-order valence-electron chi connectivity index (χ1n) is 6.04. The molecule has 0 aliphatic carbocycles. The molecular formula is C13H12F3N3O. The third-order valence-corrected chi connectivity index (χ3v) is 2.76. The van der Waals surface area contributed by atoms with E-state index in [-0.39, 0.29) is 11.3 Å². The molecule has 0 radical (unpaired) electrons. The lowest BCUT2D eigenvalue weighted by Crippen LogP contribution is -2.17. The molecule has 0 spiro atoms. The van der Waals surface area contributed by atoms with Crippen molar-refractivity contribution < 1.29 is 18.0 Å². The van der Waals surface area contributed by atoms with E-state index in [4.69, 9.17) is 0 Å². The SMILES string of the molecule is CCCn1nncc1C(=O)c1ccccc1C(F)(F)F. The fourth-order valence-electron chi connectivity index (χ4n) is 1.88. The van der Waals surface area contributed by atoms with Crippen LogP contribution in [0.5, 0.6) is 0 Å². The van der Waals surface area contributed by atoms with Crippen molar-refractivity contribution in [1.82, 2.24) is 15.0 Å². The third-order valence-electron chi connectivity index (χ3n) is 2.76. The molecule has 7 heteroatoms. The van der Waals surface area contributed by atoms with Crippen molar-refractivity contribution in [2.75, 3.05) is 0 Å². The zero-order valence-corrected chi connectivity index (χ0v) is 10.7. The third kappa shape index (κ3) is 2.71. The first-order chi connectivity index (χ1) is 9.45. The summed E-state index contributed by atoms with van der Waals surface area (Å²) in [7, 11) is 0. The molecule has 1 heterocycles. The minimum Gasteiger partial charge on any atom is -0.287 e. The number of aryl methyl sites for hydroxylation is 1. The molecule has 2 aromatic rings. The number of aromatic nitrogens is 3. The second kappa shape index (κ2) is 5.44. The number of halogens is 3. The Hall–Kier alpha value is -2.18. The zero-order valence-electron chi connectivity index (χ0n) is 10.7. The van der Waals surface area contributed by atoms with Crippen molar-refractivity contribution in [3.8, 4) is 0 Å². The van der Waals surface area contributed by atoms with Gasteiger partial charge in [0.25, 0.3) is 0 Å². The number of hydrogen-bond donors (Lipinski definition) is 0. The number of alkyl halides is 3. The Kier molecular flexibility index (Phi) is 3.87. The van der Waals surface area contributed by atoms with Gasteiger partial charge in [0.2, 0.25) is 5.78 Å². The van der Waals surface area contributed by atoms with Gasteiger partial charge in [-0.3, -0.25) is 4.79 Å². The van der Waals surface area contributed by atoms with Crippen molar-refractivity contribution >= 4 is 5.78 Å². The van der Waals surface area contributed by atoms with Gasteiger partial charge in [0.1, 0.15) is 5.69 Å². The standard InChI is InChI=1S/C13H12F3N3O/c1-2-7-19-11(8-17-18-19)12(20)9-5-3-4-6-10(9)13(14,15)16/h3-6,8H,2,7H2,1H3. The van der Waals surface area contributed by atoms with Gasteiger partial charge in [-0.25, -0.2) is 4.68 Å². The maximum Gasteiger partial charge on any atom is 0.417 e. The van der Waals surface area contributed by atoms with E-state index >= 15 is 0 Å². The molecule has 1 aromatic heterocycles. The number of ketones is 1. The molecule has 1 aromatic carbocycles. The van der Waals surface area contributed by atoms with Gasteiger partial charge in [-0.2, -0.15) is 13.2 Å². The Labute approximate surface area is 113 Å². The van der Waals surface area contributed by atoms with E-state index in [0.717, 1.165) is 12.1 Å². The van der Waals surface area contributed by atoms with Crippen LogP contribution in [0.25, 0.3) is 0 Å². The van der Waals surface area contributed by atoms with Crippen LogP contribution >= 0.6 is 0 Å². The van der Waals surface area contributed by atoms with Crippen LogP contribution in [0.1, 0.15) is 35.0 Å². The molecular weight excluding hydrogens is 271 g/mol. The minimum absolute atomic E-state index is 0.0588. The summed E-state index contributed by atoms with van der Waals surface area (Å²) in [6.45, 7) is 2.30. The average molecular weight is 283 g/mol. The first kappa shape index (κ1) is 14.2. The topological polar surface area (TPSA) is 47.8 Å². The van der Waals surface area contributed by atoms with Gasteiger partial charge < -0.3 is 0 Å². The van der Waals surface area contributed by atoms with E-state index in [2.05, 4.69) is 10.3 Å². The highest BCUT2D eigenvalue weighted by Crippen LogP contribution is 2.32. The van der Waals surface area contributed by atoms with Gasteiger partial charge in [0.15, 0.2) is 0 Å². The Balaban J connectivity index is 2.46. The summed E-state index contributed by atoms with van der Waals surface area (Å²) in [5, 5.41) is 7.30. The van der Waals surface area contributed by atoms with Crippen LogP contribution in [0.2, 0.25) is 0 Å². The molecule has 0 saturated carbocycles. The van der Waals surface area contributed by atoms with Crippen LogP contribution in [-0.4, -0.2) is 20.8 Å². The van der Waals surface area contributed by atoms with E-state index in [0.29, 0.717) is 13.0 Å². The minimum atomic E-state index is -4.57. The van der Waals surface area contributed by atoms with Crippen LogP contribution < -0.4 is 0 Å². The fraction of sp³-hybridized carbons (Fsp3) is 0.308. The number of rotatable bonds is 4. The number of benzene rings is 1. The normalized spacial score (nSPS) is 11.6. The molecule has 0 fully saturated rings. The van der Waals surface area contributed by atoms with E-state index in [9.17, 15) is 18.0 Å².